The molecule has 2 aliphatic heterocycles. The average molecular weight is 476 g/mol. The van der Waals surface area contributed by atoms with Gasteiger partial charge in [0.15, 0.2) is 14.6 Å². The normalized spacial score (nSPS) is 25.6. The maximum Gasteiger partial charge on any atom is 0.229 e. The Balaban J connectivity index is 1.59. The van der Waals surface area contributed by atoms with Gasteiger partial charge in [0.25, 0.3) is 0 Å². The fraction of sp³-hybridized carbons (Fsp3) is 0.259. The average Bonchev–Trinajstić information content (AvgIpc) is 3.43. The van der Waals surface area contributed by atoms with E-state index in [9.17, 15) is 0 Å². The van der Waals surface area contributed by atoms with Crippen LogP contribution in [0.3, 0.4) is 0 Å². The molecule has 5 rings (SSSR count). The second kappa shape index (κ2) is 9.12. The molecule has 33 heavy (non-hydrogen) atoms. The fourth-order valence-corrected chi connectivity index (χ4v) is 6.29. The summed E-state index contributed by atoms with van der Waals surface area (Å²) in [6, 6.07) is 30.9. The van der Waals surface area contributed by atoms with Crippen molar-refractivity contribution < 1.29 is 13.9 Å². The van der Waals surface area contributed by atoms with Gasteiger partial charge in [-0.05, 0) is 30.6 Å². The number of benzene rings is 3. The second-order valence-corrected chi connectivity index (χ2v) is 14.8. The lowest BCUT2D eigenvalue weighted by atomic mass is 10.1. The van der Waals surface area contributed by atoms with Gasteiger partial charge in [0.2, 0.25) is 5.06 Å². The van der Waals surface area contributed by atoms with Crippen LogP contribution in [0.4, 0.5) is 0 Å². The van der Waals surface area contributed by atoms with Gasteiger partial charge in [-0.1, -0.05) is 103 Å². The largest absolute Gasteiger partial charge is 0.394 e. The zero-order chi connectivity index (χ0) is 22.9. The summed E-state index contributed by atoms with van der Waals surface area (Å²) in [6.45, 7) is 6.65. The van der Waals surface area contributed by atoms with Crippen molar-refractivity contribution in [2.75, 3.05) is 0 Å². The first kappa shape index (κ1) is 22.4. The SMILES string of the molecule is C[Si](C)(C)OC(c1ccccc1)N1C=CSC12OC(c1ccccc1)OC2c1ccccc1. The molecule has 6 heteroatoms. The first-order valence-electron chi connectivity index (χ1n) is 11.3. The summed E-state index contributed by atoms with van der Waals surface area (Å²) >= 11 is 1.64. The Hall–Kier alpha value is -2.35. The summed E-state index contributed by atoms with van der Waals surface area (Å²) < 4.78 is 20.3. The molecule has 0 bridgehead atoms. The molecule has 0 saturated carbocycles. The molecular formula is C27H29NO3SSi. The minimum absolute atomic E-state index is 0.284. The summed E-state index contributed by atoms with van der Waals surface area (Å²) in [5.41, 5.74) is 3.19. The maximum absolute atomic E-state index is 6.83. The van der Waals surface area contributed by atoms with Crippen LogP contribution in [0.2, 0.25) is 19.6 Å². The second-order valence-electron chi connectivity index (χ2n) is 9.22. The third-order valence-corrected chi connectivity index (χ3v) is 7.71. The van der Waals surface area contributed by atoms with E-state index in [2.05, 4.69) is 84.7 Å². The minimum atomic E-state index is -1.90. The molecule has 1 spiro atoms. The lowest BCUT2D eigenvalue weighted by Crippen LogP contribution is -2.48. The number of nitrogens with zero attached hydrogens (tertiary/aromatic N) is 1. The lowest BCUT2D eigenvalue weighted by molar-refractivity contribution is -0.131. The van der Waals surface area contributed by atoms with E-state index < -0.39 is 19.7 Å². The highest BCUT2D eigenvalue weighted by Crippen LogP contribution is 2.59. The van der Waals surface area contributed by atoms with Gasteiger partial charge in [-0.25, -0.2) is 0 Å². The molecule has 1 fully saturated rings. The van der Waals surface area contributed by atoms with Crippen molar-refractivity contribution in [1.82, 2.24) is 4.90 Å². The van der Waals surface area contributed by atoms with Crippen molar-refractivity contribution in [3.8, 4) is 0 Å². The van der Waals surface area contributed by atoms with Crippen molar-refractivity contribution in [3.63, 3.8) is 0 Å². The zero-order valence-corrected chi connectivity index (χ0v) is 20.9. The van der Waals surface area contributed by atoms with E-state index in [1.165, 1.54) is 0 Å². The van der Waals surface area contributed by atoms with Crippen LogP contribution in [-0.2, 0) is 13.9 Å². The molecule has 0 N–H and O–H groups in total. The van der Waals surface area contributed by atoms with Crippen molar-refractivity contribution in [2.24, 2.45) is 0 Å². The van der Waals surface area contributed by atoms with Gasteiger partial charge in [0, 0.05) is 17.3 Å². The van der Waals surface area contributed by atoms with Crippen LogP contribution < -0.4 is 0 Å². The summed E-state index contributed by atoms with van der Waals surface area (Å²) in [6.07, 6.45) is 1.03. The molecular weight excluding hydrogens is 446 g/mol. The quantitative estimate of drug-likeness (QED) is 0.352. The van der Waals surface area contributed by atoms with E-state index >= 15 is 0 Å². The Labute approximate surface area is 201 Å². The molecule has 4 atom stereocenters. The highest BCUT2D eigenvalue weighted by atomic mass is 32.2. The predicted molar refractivity (Wildman–Crippen MR) is 135 cm³/mol. The molecule has 2 aliphatic rings. The van der Waals surface area contributed by atoms with Crippen LogP contribution in [0.5, 0.6) is 0 Å². The van der Waals surface area contributed by atoms with Crippen molar-refractivity contribution >= 4 is 20.1 Å². The molecule has 3 aromatic rings. The molecule has 4 nitrogen and oxygen atoms in total. The van der Waals surface area contributed by atoms with Crippen molar-refractivity contribution in [3.05, 3.63) is 119 Å². The molecule has 170 valence electrons. The fourth-order valence-electron chi connectivity index (χ4n) is 4.25. The smallest absolute Gasteiger partial charge is 0.229 e. The Morgan fingerprint density at radius 3 is 2.03 bits per heavy atom. The topological polar surface area (TPSA) is 30.9 Å². The van der Waals surface area contributed by atoms with Crippen LogP contribution in [0, 0.1) is 0 Å². The summed E-state index contributed by atoms with van der Waals surface area (Å²) in [7, 11) is -1.90. The first-order valence-corrected chi connectivity index (χ1v) is 15.5. The molecule has 0 aliphatic carbocycles. The van der Waals surface area contributed by atoms with E-state index in [0.29, 0.717) is 0 Å². The van der Waals surface area contributed by atoms with Gasteiger partial charge in [0.05, 0.1) is 0 Å². The predicted octanol–water partition coefficient (Wildman–Crippen LogP) is 7.20. The molecule has 0 radical (unpaired) electrons. The van der Waals surface area contributed by atoms with Gasteiger partial charge in [-0.3, -0.25) is 0 Å². The number of thioether (sulfide) groups is 1. The van der Waals surface area contributed by atoms with Crippen LogP contribution in [-0.4, -0.2) is 18.3 Å². The van der Waals surface area contributed by atoms with Crippen LogP contribution in [0.1, 0.15) is 35.3 Å². The Bertz CT molecular complexity index is 1090. The Morgan fingerprint density at radius 1 is 0.848 bits per heavy atom. The van der Waals surface area contributed by atoms with Gasteiger partial charge >= 0.3 is 0 Å². The van der Waals surface area contributed by atoms with E-state index in [4.69, 9.17) is 13.9 Å². The zero-order valence-electron chi connectivity index (χ0n) is 19.1. The van der Waals surface area contributed by atoms with E-state index in [-0.39, 0.29) is 12.3 Å². The number of hydrogen-bond donors (Lipinski definition) is 0. The van der Waals surface area contributed by atoms with Crippen molar-refractivity contribution in [2.45, 2.75) is 43.3 Å². The number of rotatable bonds is 6. The standard InChI is InChI=1S/C27H29NO3SSi/c1-33(2,3)31-25(22-15-9-5-10-16-22)28-19-20-32-27(28)24(21-13-7-4-8-14-21)29-26(30-27)23-17-11-6-12-18-23/h4-20,24-26H,1-3H3. The molecule has 0 amide bonds. The van der Waals surface area contributed by atoms with Crippen LogP contribution in [0.25, 0.3) is 0 Å². The van der Waals surface area contributed by atoms with E-state index in [1.54, 1.807) is 11.8 Å². The number of hydrogen-bond acceptors (Lipinski definition) is 5. The molecule has 3 aromatic carbocycles. The summed E-state index contributed by atoms with van der Waals surface area (Å²) in [4.78, 5) is 2.21. The monoisotopic (exact) mass is 475 g/mol. The molecule has 4 unspecified atom stereocenters. The highest BCUT2D eigenvalue weighted by Gasteiger charge is 2.58. The minimum Gasteiger partial charge on any atom is -0.394 e. The van der Waals surface area contributed by atoms with Gasteiger partial charge < -0.3 is 18.8 Å². The lowest BCUT2D eigenvalue weighted by Gasteiger charge is -2.43. The third-order valence-electron chi connectivity index (χ3n) is 5.66. The molecule has 2 heterocycles. The van der Waals surface area contributed by atoms with E-state index in [1.807, 2.05) is 42.5 Å². The number of ether oxygens (including phenoxy) is 2. The van der Waals surface area contributed by atoms with Gasteiger partial charge in [-0.15, -0.1) is 0 Å². The maximum atomic E-state index is 6.83. The van der Waals surface area contributed by atoms with Gasteiger partial charge in [0.1, 0.15) is 12.3 Å². The van der Waals surface area contributed by atoms with Crippen LogP contribution >= 0.6 is 11.8 Å². The third kappa shape index (κ3) is 4.54. The Kier molecular flexibility index (Phi) is 6.20. The molecule has 0 aromatic heterocycles. The van der Waals surface area contributed by atoms with E-state index in [0.717, 1.165) is 16.7 Å². The molecule has 1 saturated heterocycles. The highest BCUT2D eigenvalue weighted by molar-refractivity contribution is 8.03. The summed E-state index contributed by atoms with van der Waals surface area (Å²) in [5, 5.41) is 1.30. The first-order chi connectivity index (χ1) is 16.0. The van der Waals surface area contributed by atoms with Gasteiger partial charge in [-0.2, -0.15) is 0 Å². The summed E-state index contributed by atoms with van der Waals surface area (Å²) in [5.74, 6) is 0. The van der Waals surface area contributed by atoms with Crippen molar-refractivity contribution in [1.29, 1.82) is 0 Å². The Morgan fingerprint density at radius 2 is 1.42 bits per heavy atom. The van der Waals surface area contributed by atoms with Crippen LogP contribution in [0.15, 0.2) is 103 Å².